The Balaban J connectivity index is 1.49. The van der Waals surface area contributed by atoms with E-state index in [1.807, 2.05) is 4.57 Å². The highest BCUT2D eigenvalue weighted by molar-refractivity contribution is 7.89. The summed E-state index contributed by atoms with van der Waals surface area (Å²) in [6.45, 7) is 1.29. The number of carbonyl (C=O) groups excluding carboxylic acids is 1. The molecule has 8 nitrogen and oxygen atoms in total. The quantitative estimate of drug-likeness (QED) is 0.714. The van der Waals surface area contributed by atoms with Gasteiger partial charge in [-0.25, -0.2) is 8.42 Å². The van der Waals surface area contributed by atoms with Crippen molar-refractivity contribution in [3.63, 3.8) is 0 Å². The van der Waals surface area contributed by atoms with Crippen LogP contribution in [0.15, 0.2) is 29.2 Å². The zero-order chi connectivity index (χ0) is 19.0. The molecule has 1 saturated carbocycles. The Kier molecular flexibility index (Phi) is 4.87. The van der Waals surface area contributed by atoms with E-state index in [1.165, 1.54) is 16.4 Å². The van der Waals surface area contributed by atoms with E-state index in [4.69, 9.17) is 12.2 Å². The molecule has 1 aliphatic heterocycles. The van der Waals surface area contributed by atoms with E-state index in [0.29, 0.717) is 35.3 Å². The molecule has 4 rings (SSSR count). The van der Waals surface area contributed by atoms with Gasteiger partial charge in [0.1, 0.15) is 0 Å². The SMILES string of the molecule is O=C(NCc1n[nH]c(=S)n1C1CC1)c1cccc(S(=O)(=O)N2CCCC2)c1. The van der Waals surface area contributed by atoms with E-state index in [-0.39, 0.29) is 17.3 Å². The van der Waals surface area contributed by atoms with Gasteiger partial charge in [0.25, 0.3) is 5.91 Å². The second kappa shape index (κ2) is 7.17. The van der Waals surface area contributed by atoms with Gasteiger partial charge in [0.2, 0.25) is 10.0 Å². The summed E-state index contributed by atoms with van der Waals surface area (Å²) in [5.41, 5.74) is 0.308. The van der Waals surface area contributed by atoms with Crippen LogP contribution >= 0.6 is 12.2 Å². The highest BCUT2D eigenvalue weighted by Crippen LogP contribution is 2.35. The summed E-state index contributed by atoms with van der Waals surface area (Å²) in [6.07, 6.45) is 3.86. The first-order chi connectivity index (χ1) is 13.0. The Morgan fingerprint density at radius 2 is 2.04 bits per heavy atom. The van der Waals surface area contributed by atoms with Crippen LogP contribution in [0, 0.1) is 4.77 Å². The van der Waals surface area contributed by atoms with Crippen LogP contribution in [0.25, 0.3) is 0 Å². The molecule has 27 heavy (non-hydrogen) atoms. The molecule has 1 amide bonds. The number of H-pyrrole nitrogens is 1. The summed E-state index contributed by atoms with van der Waals surface area (Å²) >= 11 is 5.23. The number of rotatable bonds is 6. The molecule has 10 heteroatoms. The zero-order valence-corrected chi connectivity index (χ0v) is 16.4. The topological polar surface area (TPSA) is 100 Å². The maximum absolute atomic E-state index is 12.7. The number of aromatic amines is 1. The van der Waals surface area contributed by atoms with Crippen LogP contribution in [0.3, 0.4) is 0 Å². The lowest BCUT2D eigenvalue weighted by molar-refractivity contribution is 0.0949. The second-order valence-electron chi connectivity index (χ2n) is 6.87. The lowest BCUT2D eigenvalue weighted by Gasteiger charge is -2.16. The van der Waals surface area contributed by atoms with Gasteiger partial charge in [-0.05, 0) is 56.1 Å². The van der Waals surface area contributed by atoms with Gasteiger partial charge in [-0.2, -0.15) is 9.40 Å². The molecular formula is C17H21N5O3S2. The predicted octanol–water partition coefficient (Wildman–Crippen LogP) is 1.99. The zero-order valence-electron chi connectivity index (χ0n) is 14.7. The van der Waals surface area contributed by atoms with Crippen LogP contribution in [0.5, 0.6) is 0 Å². The lowest BCUT2D eigenvalue weighted by Crippen LogP contribution is -2.28. The van der Waals surface area contributed by atoms with Crippen molar-refractivity contribution in [2.75, 3.05) is 13.1 Å². The number of amides is 1. The molecule has 2 aromatic rings. The largest absolute Gasteiger partial charge is 0.345 e. The van der Waals surface area contributed by atoms with Gasteiger partial charge in [0.05, 0.1) is 11.4 Å². The number of benzene rings is 1. The Hall–Kier alpha value is -2.04. The molecule has 1 aromatic heterocycles. The first-order valence-corrected chi connectivity index (χ1v) is 10.9. The molecule has 2 aliphatic rings. The van der Waals surface area contributed by atoms with Crippen LogP contribution in [0.4, 0.5) is 0 Å². The third-order valence-corrected chi connectivity index (χ3v) is 7.08. The Labute approximate surface area is 162 Å². The Bertz CT molecular complexity index is 1020. The van der Waals surface area contributed by atoms with Gasteiger partial charge in [0, 0.05) is 24.7 Å². The molecule has 1 saturated heterocycles. The minimum Gasteiger partial charge on any atom is -0.345 e. The smallest absolute Gasteiger partial charge is 0.251 e. The Morgan fingerprint density at radius 1 is 1.30 bits per heavy atom. The van der Waals surface area contributed by atoms with Gasteiger partial charge in [0.15, 0.2) is 10.6 Å². The minimum absolute atomic E-state index is 0.151. The van der Waals surface area contributed by atoms with E-state index >= 15 is 0 Å². The van der Waals surface area contributed by atoms with Crippen molar-refractivity contribution in [2.24, 2.45) is 0 Å². The molecule has 0 bridgehead atoms. The monoisotopic (exact) mass is 407 g/mol. The first-order valence-electron chi connectivity index (χ1n) is 9.01. The number of carbonyl (C=O) groups is 1. The number of aromatic nitrogens is 3. The summed E-state index contributed by atoms with van der Waals surface area (Å²) in [7, 11) is -3.55. The fourth-order valence-electron chi connectivity index (χ4n) is 3.31. The second-order valence-corrected chi connectivity index (χ2v) is 9.19. The highest BCUT2D eigenvalue weighted by atomic mass is 32.2. The Morgan fingerprint density at radius 3 is 2.74 bits per heavy atom. The lowest BCUT2D eigenvalue weighted by atomic mass is 10.2. The molecule has 0 radical (unpaired) electrons. The maximum Gasteiger partial charge on any atom is 0.251 e. The number of sulfonamides is 1. The highest BCUT2D eigenvalue weighted by Gasteiger charge is 2.28. The van der Waals surface area contributed by atoms with E-state index < -0.39 is 10.0 Å². The summed E-state index contributed by atoms with van der Waals surface area (Å²) in [5.74, 6) is 0.335. The maximum atomic E-state index is 12.7. The summed E-state index contributed by atoms with van der Waals surface area (Å²) in [5, 5.41) is 9.75. The first kappa shape index (κ1) is 18.3. The normalized spacial score (nSPS) is 17.9. The summed E-state index contributed by atoms with van der Waals surface area (Å²) in [4.78, 5) is 12.7. The van der Waals surface area contributed by atoms with Crippen molar-refractivity contribution in [3.8, 4) is 0 Å². The average molecular weight is 408 g/mol. The summed E-state index contributed by atoms with van der Waals surface area (Å²) in [6, 6.07) is 6.52. The molecule has 2 fully saturated rings. The van der Waals surface area contributed by atoms with E-state index in [0.717, 1.165) is 25.7 Å². The van der Waals surface area contributed by atoms with Gasteiger partial charge >= 0.3 is 0 Å². The fraction of sp³-hybridized carbons (Fsp3) is 0.471. The molecule has 0 atom stereocenters. The number of hydrogen-bond acceptors (Lipinski definition) is 5. The number of nitrogens with one attached hydrogen (secondary N) is 2. The van der Waals surface area contributed by atoms with E-state index in [9.17, 15) is 13.2 Å². The average Bonchev–Trinajstić information content (AvgIpc) is 3.19. The number of nitrogens with zero attached hydrogens (tertiary/aromatic N) is 3. The van der Waals surface area contributed by atoms with Crippen molar-refractivity contribution in [1.29, 1.82) is 0 Å². The van der Waals surface area contributed by atoms with Crippen molar-refractivity contribution in [3.05, 3.63) is 40.4 Å². The van der Waals surface area contributed by atoms with Crippen molar-refractivity contribution < 1.29 is 13.2 Å². The van der Waals surface area contributed by atoms with Crippen LogP contribution in [-0.4, -0.2) is 46.5 Å². The third kappa shape index (κ3) is 3.69. The fourth-order valence-corrected chi connectivity index (χ4v) is 5.17. The molecule has 1 aromatic carbocycles. The van der Waals surface area contributed by atoms with Crippen molar-refractivity contribution in [1.82, 2.24) is 24.4 Å². The van der Waals surface area contributed by atoms with Crippen LogP contribution < -0.4 is 5.32 Å². The van der Waals surface area contributed by atoms with E-state index in [1.54, 1.807) is 12.1 Å². The molecule has 2 N–H and O–H groups in total. The standard InChI is InChI=1S/C17H21N5O3S2/c23-16(18-11-15-19-20-17(26)22(15)13-6-7-13)12-4-3-5-14(10-12)27(24,25)21-8-1-2-9-21/h3-5,10,13H,1-2,6-9,11H2,(H,18,23)(H,20,26). The molecular weight excluding hydrogens is 386 g/mol. The van der Waals surface area contributed by atoms with Crippen molar-refractivity contribution >= 4 is 28.1 Å². The van der Waals surface area contributed by atoms with E-state index in [2.05, 4.69) is 15.5 Å². The summed E-state index contributed by atoms with van der Waals surface area (Å²) < 4.78 is 29.3. The van der Waals surface area contributed by atoms with Gasteiger partial charge in [-0.15, -0.1) is 0 Å². The number of hydrogen-bond donors (Lipinski definition) is 2. The van der Waals surface area contributed by atoms with Crippen molar-refractivity contribution in [2.45, 2.75) is 43.2 Å². The van der Waals surface area contributed by atoms with Gasteiger partial charge in [-0.1, -0.05) is 6.07 Å². The van der Waals surface area contributed by atoms with Crippen LogP contribution in [0.2, 0.25) is 0 Å². The molecule has 1 aliphatic carbocycles. The molecule has 2 heterocycles. The van der Waals surface area contributed by atoms with Crippen LogP contribution in [-0.2, 0) is 16.6 Å². The molecule has 0 unspecified atom stereocenters. The third-order valence-electron chi connectivity index (χ3n) is 4.90. The van der Waals surface area contributed by atoms with Crippen LogP contribution in [0.1, 0.15) is 47.9 Å². The van der Waals surface area contributed by atoms with Gasteiger partial charge < -0.3 is 5.32 Å². The van der Waals surface area contributed by atoms with Gasteiger partial charge in [-0.3, -0.25) is 14.5 Å². The molecule has 0 spiro atoms. The predicted molar refractivity (Wildman–Crippen MR) is 101 cm³/mol. The minimum atomic E-state index is -3.55. The molecule has 144 valence electrons.